The second kappa shape index (κ2) is 12.2. The molecule has 0 saturated heterocycles. The largest absolute Gasteiger partial charge is 0.507 e. The van der Waals surface area contributed by atoms with Gasteiger partial charge in [0.1, 0.15) is 11.5 Å². The van der Waals surface area contributed by atoms with Crippen molar-refractivity contribution >= 4 is 61.4 Å². The summed E-state index contributed by atoms with van der Waals surface area (Å²) in [6.07, 6.45) is 0.610. The quantitative estimate of drug-likeness (QED) is 0.120. The monoisotopic (exact) mass is 623 g/mol. The van der Waals surface area contributed by atoms with Gasteiger partial charge in [-0.2, -0.15) is 0 Å². The van der Waals surface area contributed by atoms with Gasteiger partial charge >= 0.3 is 5.97 Å². The van der Waals surface area contributed by atoms with E-state index in [1.165, 1.54) is 18.3 Å². The van der Waals surface area contributed by atoms with Gasteiger partial charge in [-0.15, -0.1) is 0 Å². The maximum absolute atomic E-state index is 12.9. The number of ketones is 1. The molecule has 7 nitrogen and oxygen atoms in total. The molecule has 0 heterocycles. The number of benzene rings is 3. The second-order valence-electron chi connectivity index (χ2n) is 7.16. The van der Waals surface area contributed by atoms with E-state index in [0.717, 1.165) is 0 Å². The minimum Gasteiger partial charge on any atom is -0.507 e. The Morgan fingerprint density at radius 1 is 1.09 bits per heavy atom. The number of ether oxygens (including phenoxy) is 2. The first-order valence-electron chi connectivity index (χ1n) is 10.4. The van der Waals surface area contributed by atoms with Crippen LogP contribution in [0.25, 0.3) is 0 Å². The van der Waals surface area contributed by atoms with Crippen molar-refractivity contribution in [1.82, 2.24) is 0 Å². The normalized spacial score (nSPS) is 11.8. The maximum atomic E-state index is 12.9. The summed E-state index contributed by atoms with van der Waals surface area (Å²) < 4.78 is 12.0. The molecule has 0 saturated carbocycles. The highest BCUT2D eigenvalue weighted by Crippen LogP contribution is 2.38. The zero-order valence-electron chi connectivity index (χ0n) is 18.6. The molecule has 0 amide bonds. The average Bonchev–Trinajstić information content (AvgIpc) is 2.82. The smallest absolute Gasteiger partial charge is 0.349 e. The molecule has 1 atom stereocenters. The summed E-state index contributed by atoms with van der Waals surface area (Å²) in [5.74, 6) is -0.253. The van der Waals surface area contributed by atoms with Crippen LogP contribution in [-0.2, 0) is 14.4 Å². The van der Waals surface area contributed by atoms with Crippen molar-refractivity contribution in [1.29, 1.82) is 0 Å². The first kappa shape index (κ1) is 26.7. The SMILES string of the molecule is CCOC(=O)C(C)O/N=C/c1cc(Br)c(Oc2ccc(O)c(C(=O)c3ccc(Cl)cc3)c2)c(Br)c1. The summed E-state index contributed by atoms with van der Waals surface area (Å²) in [6, 6.07) is 14.3. The van der Waals surface area contributed by atoms with Crippen LogP contribution in [0.1, 0.15) is 35.3 Å². The number of halogens is 3. The van der Waals surface area contributed by atoms with Crippen molar-refractivity contribution in [3.63, 3.8) is 0 Å². The molecule has 0 aliphatic carbocycles. The van der Waals surface area contributed by atoms with Crippen LogP contribution in [0.3, 0.4) is 0 Å². The Morgan fingerprint density at radius 3 is 2.37 bits per heavy atom. The van der Waals surface area contributed by atoms with Gasteiger partial charge in [0, 0.05) is 10.6 Å². The van der Waals surface area contributed by atoms with Crippen molar-refractivity contribution in [3.8, 4) is 17.2 Å². The Bertz CT molecular complexity index is 1240. The molecule has 0 aliphatic heterocycles. The molecule has 1 N–H and O–H groups in total. The van der Waals surface area contributed by atoms with Crippen molar-refractivity contribution in [2.45, 2.75) is 20.0 Å². The Balaban J connectivity index is 1.77. The highest BCUT2D eigenvalue weighted by atomic mass is 79.9. The van der Waals surface area contributed by atoms with Crippen LogP contribution in [0, 0.1) is 0 Å². The van der Waals surface area contributed by atoms with E-state index in [4.69, 9.17) is 25.9 Å². The van der Waals surface area contributed by atoms with Gasteiger partial charge in [-0.1, -0.05) is 16.8 Å². The van der Waals surface area contributed by atoms with Gasteiger partial charge in [0.25, 0.3) is 0 Å². The zero-order chi connectivity index (χ0) is 25.5. The van der Waals surface area contributed by atoms with Crippen LogP contribution in [0.2, 0.25) is 5.02 Å². The number of esters is 1. The summed E-state index contributed by atoms with van der Waals surface area (Å²) in [7, 11) is 0. The second-order valence-corrected chi connectivity index (χ2v) is 9.31. The van der Waals surface area contributed by atoms with Gasteiger partial charge in [0.15, 0.2) is 11.5 Å². The molecule has 10 heteroatoms. The number of hydrogen-bond acceptors (Lipinski definition) is 7. The molecule has 1 unspecified atom stereocenters. The fourth-order valence-corrected chi connectivity index (χ4v) is 4.38. The number of carbonyl (C=O) groups is 2. The topological polar surface area (TPSA) is 94.4 Å². The van der Waals surface area contributed by atoms with Gasteiger partial charge in [-0.3, -0.25) is 4.79 Å². The highest BCUT2D eigenvalue weighted by Gasteiger charge is 2.17. The lowest BCUT2D eigenvalue weighted by Crippen LogP contribution is -2.21. The lowest BCUT2D eigenvalue weighted by Gasteiger charge is -2.13. The summed E-state index contributed by atoms with van der Waals surface area (Å²) in [6.45, 7) is 3.51. The molecule has 0 aromatic heterocycles. The Morgan fingerprint density at radius 2 is 1.74 bits per heavy atom. The van der Waals surface area contributed by atoms with Crippen LogP contribution < -0.4 is 4.74 Å². The van der Waals surface area contributed by atoms with Crippen molar-refractivity contribution < 1.29 is 29.0 Å². The number of phenolic OH excluding ortho intramolecular Hbond substituents is 1. The molecule has 182 valence electrons. The molecule has 3 aromatic rings. The minimum atomic E-state index is -0.833. The molecule has 0 radical (unpaired) electrons. The predicted molar refractivity (Wildman–Crippen MR) is 140 cm³/mol. The number of rotatable bonds is 9. The van der Waals surface area contributed by atoms with E-state index in [1.807, 2.05) is 0 Å². The Labute approximate surface area is 223 Å². The van der Waals surface area contributed by atoms with Gasteiger partial charge in [0.05, 0.1) is 27.3 Å². The van der Waals surface area contributed by atoms with Crippen LogP contribution in [-0.4, -0.2) is 35.8 Å². The maximum Gasteiger partial charge on any atom is 0.349 e. The highest BCUT2D eigenvalue weighted by molar-refractivity contribution is 9.11. The van der Waals surface area contributed by atoms with Gasteiger partial charge in [-0.25, -0.2) is 4.79 Å². The van der Waals surface area contributed by atoms with E-state index in [0.29, 0.717) is 36.6 Å². The van der Waals surface area contributed by atoms with Crippen molar-refractivity contribution in [3.05, 3.63) is 85.3 Å². The molecule has 0 aliphatic rings. The van der Waals surface area contributed by atoms with Crippen LogP contribution >= 0.6 is 43.5 Å². The summed E-state index contributed by atoms with van der Waals surface area (Å²) in [5, 5.41) is 14.6. The van der Waals surface area contributed by atoms with Crippen LogP contribution in [0.5, 0.6) is 17.2 Å². The van der Waals surface area contributed by atoms with E-state index in [1.54, 1.807) is 56.3 Å². The van der Waals surface area contributed by atoms with Gasteiger partial charge < -0.3 is 19.4 Å². The van der Waals surface area contributed by atoms with E-state index in [9.17, 15) is 14.7 Å². The molecular weight excluding hydrogens is 606 g/mol. The van der Waals surface area contributed by atoms with E-state index in [2.05, 4.69) is 37.0 Å². The lowest BCUT2D eigenvalue weighted by molar-refractivity contribution is -0.155. The van der Waals surface area contributed by atoms with Crippen LogP contribution in [0.15, 0.2) is 68.7 Å². The third-order valence-electron chi connectivity index (χ3n) is 4.60. The molecule has 0 spiro atoms. The zero-order valence-corrected chi connectivity index (χ0v) is 22.6. The number of hydrogen-bond donors (Lipinski definition) is 1. The van der Waals surface area contributed by atoms with Crippen LogP contribution in [0.4, 0.5) is 0 Å². The third-order valence-corrected chi connectivity index (χ3v) is 6.03. The van der Waals surface area contributed by atoms with E-state index in [-0.39, 0.29) is 23.7 Å². The first-order chi connectivity index (χ1) is 16.7. The number of nitrogens with zero attached hydrogens (tertiary/aromatic N) is 1. The summed E-state index contributed by atoms with van der Waals surface area (Å²) >= 11 is 12.8. The van der Waals surface area contributed by atoms with Gasteiger partial charge in [-0.05, 0) is 106 Å². The molecule has 35 heavy (non-hydrogen) atoms. The predicted octanol–water partition coefficient (Wildman–Crippen LogP) is 6.90. The number of aromatic hydroxyl groups is 1. The Kier molecular flexibility index (Phi) is 9.31. The van der Waals surface area contributed by atoms with Crippen molar-refractivity contribution in [2.75, 3.05) is 6.61 Å². The number of phenols is 1. The third kappa shape index (κ3) is 7.06. The fraction of sp³-hybridized carbons (Fsp3) is 0.160. The minimum absolute atomic E-state index is 0.0914. The van der Waals surface area contributed by atoms with E-state index < -0.39 is 12.1 Å². The Hall–Kier alpha value is -2.88. The first-order valence-corrected chi connectivity index (χ1v) is 12.3. The van der Waals surface area contributed by atoms with Gasteiger partial charge in [0.2, 0.25) is 6.10 Å². The van der Waals surface area contributed by atoms with E-state index >= 15 is 0 Å². The summed E-state index contributed by atoms with van der Waals surface area (Å²) in [5.41, 5.74) is 1.14. The molecule has 3 aromatic carbocycles. The number of oxime groups is 1. The summed E-state index contributed by atoms with van der Waals surface area (Å²) in [4.78, 5) is 29.6. The fourth-order valence-electron chi connectivity index (χ4n) is 2.87. The van der Waals surface area contributed by atoms with Crippen molar-refractivity contribution in [2.24, 2.45) is 5.16 Å². The molecule has 3 rings (SSSR count). The molecule has 0 fully saturated rings. The number of carbonyl (C=O) groups excluding carboxylic acids is 2. The molecule has 0 bridgehead atoms. The molecular formula is C25H20Br2ClNO6. The average molecular weight is 626 g/mol. The lowest BCUT2D eigenvalue weighted by atomic mass is 10.0. The standard InChI is InChI=1S/C25H20Br2ClNO6/c1-3-33-25(32)14(2)35-29-13-15-10-20(26)24(21(27)11-15)34-18-8-9-22(30)19(12-18)23(31)16-4-6-17(28)7-5-16/h4-14,30H,3H2,1-2H3/b29-13+.